The highest BCUT2D eigenvalue weighted by Crippen LogP contribution is 2.35. The van der Waals surface area contributed by atoms with Crippen LogP contribution in [0.25, 0.3) is 10.2 Å². The maximum Gasteiger partial charge on any atom is 0.235 e. The molecule has 0 amide bonds. The summed E-state index contributed by atoms with van der Waals surface area (Å²) in [4.78, 5) is 22.6. The summed E-state index contributed by atoms with van der Waals surface area (Å²) in [6, 6.07) is 0. The Balaban J connectivity index is 1.50. The number of rotatable bonds is 3. The molecule has 1 aliphatic rings. The van der Waals surface area contributed by atoms with Crippen molar-refractivity contribution in [3.05, 3.63) is 34.4 Å². The second-order valence-electron chi connectivity index (χ2n) is 6.87. The molecule has 0 N–H and O–H groups in total. The van der Waals surface area contributed by atoms with Gasteiger partial charge in [-0.05, 0) is 33.3 Å². The molecule has 6 nitrogen and oxygen atoms in total. The van der Waals surface area contributed by atoms with E-state index in [2.05, 4.69) is 38.7 Å². The molecule has 4 rings (SSSR count). The van der Waals surface area contributed by atoms with Crippen LogP contribution in [0.4, 0.5) is 5.82 Å². The van der Waals surface area contributed by atoms with E-state index in [-0.39, 0.29) is 6.10 Å². The Morgan fingerprint density at radius 3 is 2.62 bits per heavy atom. The van der Waals surface area contributed by atoms with E-state index < -0.39 is 0 Å². The number of ether oxygens (including phenoxy) is 1. The minimum absolute atomic E-state index is 0.170. The van der Waals surface area contributed by atoms with Crippen LogP contribution in [0, 0.1) is 27.7 Å². The van der Waals surface area contributed by atoms with Crippen LogP contribution in [0.3, 0.4) is 0 Å². The molecule has 0 radical (unpaired) electrons. The predicted molar refractivity (Wildman–Crippen MR) is 104 cm³/mol. The zero-order chi connectivity index (χ0) is 18.3. The molecule has 7 heteroatoms. The molecule has 0 bridgehead atoms. The van der Waals surface area contributed by atoms with Gasteiger partial charge >= 0.3 is 0 Å². The predicted octanol–water partition coefficient (Wildman–Crippen LogP) is 3.76. The van der Waals surface area contributed by atoms with E-state index >= 15 is 0 Å². The monoisotopic (exact) mass is 369 g/mol. The molecular formula is C19H23N5OS. The van der Waals surface area contributed by atoms with Crippen LogP contribution in [0.15, 0.2) is 12.5 Å². The summed E-state index contributed by atoms with van der Waals surface area (Å²) in [5.74, 6) is 1.72. The van der Waals surface area contributed by atoms with Crippen LogP contribution < -0.4 is 9.64 Å². The van der Waals surface area contributed by atoms with Gasteiger partial charge in [-0.15, -0.1) is 11.3 Å². The SMILES string of the molecule is Cc1cnc(C)c(OC2CCN(c3ncnc4sc(C)c(C)c34)CC2)n1. The highest BCUT2D eigenvalue weighted by atomic mass is 32.1. The smallest absolute Gasteiger partial charge is 0.235 e. The van der Waals surface area contributed by atoms with Gasteiger partial charge in [-0.3, -0.25) is 4.98 Å². The van der Waals surface area contributed by atoms with E-state index in [4.69, 9.17) is 4.74 Å². The summed E-state index contributed by atoms with van der Waals surface area (Å²) in [5.41, 5.74) is 3.03. The van der Waals surface area contributed by atoms with E-state index in [0.29, 0.717) is 5.88 Å². The molecule has 0 spiro atoms. The van der Waals surface area contributed by atoms with Crippen molar-refractivity contribution < 1.29 is 4.74 Å². The van der Waals surface area contributed by atoms with Crippen molar-refractivity contribution >= 4 is 27.4 Å². The first-order chi connectivity index (χ1) is 12.5. The van der Waals surface area contributed by atoms with Crippen LogP contribution in [0.1, 0.15) is 34.7 Å². The molecule has 3 aromatic rings. The topological polar surface area (TPSA) is 64.0 Å². The number of hydrogen-bond donors (Lipinski definition) is 0. The summed E-state index contributed by atoms with van der Waals surface area (Å²) >= 11 is 1.74. The molecule has 136 valence electrons. The number of anilines is 1. The van der Waals surface area contributed by atoms with Crippen molar-refractivity contribution in [2.45, 2.75) is 46.6 Å². The van der Waals surface area contributed by atoms with Crippen molar-refractivity contribution in [3.63, 3.8) is 0 Å². The standard InChI is InChI=1S/C19H23N5OS/c1-11-9-20-13(3)18(23-11)25-15-5-7-24(8-6-15)17-16-12(2)14(4)26-19(16)22-10-21-17/h9-10,15H,5-8H2,1-4H3. The maximum atomic E-state index is 6.14. The average molecular weight is 369 g/mol. The normalized spacial score (nSPS) is 15.6. The van der Waals surface area contributed by atoms with E-state index in [0.717, 1.165) is 48.0 Å². The quantitative estimate of drug-likeness (QED) is 0.700. The molecular weight excluding hydrogens is 346 g/mol. The van der Waals surface area contributed by atoms with Gasteiger partial charge in [-0.25, -0.2) is 15.0 Å². The molecule has 0 aromatic carbocycles. The Morgan fingerprint density at radius 1 is 1.08 bits per heavy atom. The molecule has 1 fully saturated rings. The lowest BCUT2D eigenvalue weighted by atomic mass is 10.1. The summed E-state index contributed by atoms with van der Waals surface area (Å²) in [5, 5.41) is 1.20. The van der Waals surface area contributed by atoms with Crippen LogP contribution in [-0.4, -0.2) is 39.1 Å². The van der Waals surface area contributed by atoms with Crippen molar-refractivity contribution in [2.75, 3.05) is 18.0 Å². The van der Waals surface area contributed by atoms with Crippen LogP contribution in [-0.2, 0) is 0 Å². The summed E-state index contributed by atoms with van der Waals surface area (Å²) < 4.78 is 6.14. The van der Waals surface area contributed by atoms with Gasteiger partial charge in [-0.1, -0.05) is 0 Å². The third-order valence-corrected chi connectivity index (χ3v) is 6.11. The molecule has 1 aliphatic heterocycles. The van der Waals surface area contributed by atoms with Gasteiger partial charge in [0.1, 0.15) is 23.1 Å². The van der Waals surface area contributed by atoms with E-state index in [1.54, 1.807) is 23.9 Å². The second kappa shape index (κ2) is 6.79. The van der Waals surface area contributed by atoms with Gasteiger partial charge in [0.25, 0.3) is 0 Å². The largest absolute Gasteiger partial charge is 0.473 e. The number of fused-ring (bicyclic) bond motifs is 1. The first-order valence-corrected chi connectivity index (χ1v) is 9.77. The lowest BCUT2D eigenvalue weighted by molar-refractivity contribution is 0.161. The van der Waals surface area contributed by atoms with Gasteiger partial charge in [0.15, 0.2) is 0 Å². The number of aryl methyl sites for hydroxylation is 4. The van der Waals surface area contributed by atoms with Gasteiger partial charge in [0.2, 0.25) is 5.88 Å². The minimum Gasteiger partial charge on any atom is -0.473 e. The lowest BCUT2D eigenvalue weighted by Crippen LogP contribution is -2.39. The average Bonchev–Trinajstić information content (AvgIpc) is 2.93. The lowest BCUT2D eigenvalue weighted by Gasteiger charge is -2.33. The molecule has 0 aliphatic carbocycles. The first kappa shape index (κ1) is 17.1. The summed E-state index contributed by atoms with van der Waals surface area (Å²) in [7, 11) is 0. The number of nitrogens with zero attached hydrogens (tertiary/aromatic N) is 5. The number of hydrogen-bond acceptors (Lipinski definition) is 7. The number of thiophene rings is 1. The first-order valence-electron chi connectivity index (χ1n) is 8.95. The zero-order valence-corrected chi connectivity index (χ0v) is 16.4. The second-order valence-corrected chi connectivity index (χ2v) is 8.07. The Labute approximate surface area is 157 Å². The molecule has 3 aromatic heterocycles. The molecule has 1 saturated heterocycles. The van der Waals surface area contributed by atoms with Crippen LogP contribution in [0.2, 0.25) is 0 Å². The van der Waals surface area contributed by atoms with Crippen molar-refractivity contribution in [2.24, 2.45) is 0 Å². The van der Waals surface area contributed by atoms with E-state index in [9.17, 15) is 0 Å². The highest BCUT2D eigenvalue weighted by molar-refractivity contribution is 7.18. The van der Waals surface area contributed by atoms with Gasteiger partial charge < -0.3 is 9.64 Å². The summed E-state index contributed by atoms with van der Waals surface area (Å²) in [6.45, 7) is 10.0. The molecule has 0 unspecified atom stereocenters. The number of piperidine rings is 1. The Kier molecular flexibility index (Phi) is 4.48. The summed E-state index contributed by atoms with van der Waals surface area (Å²) in [6.07, 6.45) is 5.52. The van der Waals surface area contributed by atoms with E-state index in [1.807, 2.05) is 13.8 Å². The van der Waals surface area contributed by atoms with Crippen molar-refractivity contribution in [1.29, 1.82) is 0 Å². The molecule has 4 heterocycles. The highest BCUT2D eigenvalue weighted by Gasteiger charge is 2.25. The van der Waals surface area contributed by atoms with Crippen LogP contribution >= 0.6 is 11.3 Å². The minimum atomic E-state index is 0.170. The van der Waals surface area contributed by atoms with Crippen molar-refractivity contribution in [1.82, 2.24) is 19.9 Å². The van der Waals surface area contributed by atoms with Crippen LogP contribution in [0.5, 0.6) is 5.88 Å². The maximum absolute atomic E-state index is 6.14. The van der Waals surface area contributed by atoms with Crippen molar-refractivity contribution in [3.8, 4) is 5.88 Å². The zero-order valence-electron chi connectivity index (χ0n) is 15.6. The fourth-order valence-corrected chi connectivity index (χ4v) is 4.37. The Hall–Kier alpha value is -2.28. The third-order valence-electron chi connectivity index (χ3n) is 5.00. The number of aromatic nitrogens is 4. The fraction of sp³-hybridized carbons (Fsp3) is 0.474. The van der Waals surface area contributed by atoms with Gasteiger partial charge in [0.05, 0.1) is 16.8 Å². The fourth-order valence-electron chi connectivity index (χ4n) is 3.37. The Morgan fingerprint density at radius 2 is 1.85 bits per heavy atom. The van der Waals surface area contributed by atoms with E-state index in [1.165, 1.54) is 15.8 Å². The molecule has 26 heavy (non-hydrogen) atoms. The molecule has 0 atom stereocenters. The Bertz CT molecular complexity index is 946. The third kappa shape index (κ3) is 3.11. The molecule has 0 saturated carbocycles. The van der Waals surface area contributed by atoms with Gasteiger partial charge in [0, 0.05) is 37.0 Å². The van der Waals surface area contributed by atoms with Gasteiger partial charge in [-0.2, -0.15) is 0 Å².